The van der Waals surface area contributed by atoms with Gasteiger partial charge in [-0.3, -0.25) is 4.68 Å². The molecule has 0 aliphatic carbocycles. The number of carboxylic acid groups (broad SMARTS) is 1. The molecular formula is C11H18N2O3. The summed E-state index contributed by atoms with van der Waals surface area (Å²) in [6.45, 7) is 6.83. The molecule has 0 bridgehead atoms. The zero-order valence-corrected chi connectivity index (χ0v) is 10.1. The van der Waals surface area contributed by atoms with Crippen LogP contribution in [0.25, 0.3) is 0 Å². The molecule has 0 spiro atoms. The molecule has 1 aromatic heterocycles. The van der Waals surface area contributed by atoms with Crippen LogP contribution in [0.2, 0.25) is 0 Å². The summed E-state index contributed by atoms with van der Waals surface area (Å²) in [5, 5.41) is 23.0. The Hall–Kier alpha value is -1.36. The van der Waals surface area contributed by atoms with E-state index in [1.165, 1.54) is 4.68 Å². The first-order chi connectivity index (χ1) is 7.27. The first-order valence-electron chi connectivity index (χ1n) is 5.29. The zero-order chi connectivity index (χ0) is 12.5. The van der Waals surface area contributed by atoms with Gasteiger partial charge in [0.2, 0.25) is 0 Å². The lowest BCUT2D eigenvalue weighted by Crippen LogP contribution is -2.22. The van der Waals surface area contributed by atoms with Crippen LogP contribution in [0.1, 0.15) is 44.6 Å². The van der Waals surface area contributed by atoms with Crippen LogP contribution in [0.5, 0.6) is 0 Å². The van der Waals surface area contributed by atoms with Crippen LogP contribution >= 0.6 is 0 Å². The van der Waals surface area contributed by atoms with Crippen molar-refractivity contribution in [2.24, 2.45) is 0 Å². The highest BCUT2D eigenvalue weighted by molar-refractivity contribution is 5.71. The SMILES string of the molecule is CCC(C(=O)O)n1nc(C(C)(C)O)cc1C. The Bertz CT molecular complexity index is 390. The molecule has 0 radical (unpaired) electrons. The third kappa shape index (κ3) is 2.41. The lowest BCUT2D eigenvalue weighted by atomic mass is 10.1. The van der Waals surface area contributed by atoms with Crippen LogP contribution in [-0.4, -0.2) is 26.0 Å². The average Bonchev–Trinajstić information content (AvgIpc) is 2.48. The molecule has 1 atom stereocenters. The minimum atomic E-state index is -1.05. The maximum atomic E-state index is 11.0. The standard InChI is InChI=1S/C11H18N2O3/c1-5-8(10(14)15)13-7(2)6-9(12-13)11(3,4)16/h6,8,16H,5H2,1-4H3,(H,14,15). The van der Waals surface area contributed by atoms with Crippen molar-refractivity contribution in [2.45, 2.75) is 45.8 Å². The number of aliphatic carboxylic acids is 1. The molecule has 0 aliphatic rings. The van der Waals surface area contributed by atoms with Crippen LogP contribution in [-0.2, 0) is 10.4 Å². The van der Waals surface area contributed by atoms with Gasteiger partial charge in [-0.1, -0.05) is 6.92 Å². The van der Waals surface area contributed by atoms with Gasteiger partial charge in [0.05, 0.1) is 5.69 Å². The van der Waals surface area contributed by atoms with Crippen molar-refractivity contribution in [3.8, 4) is 0 Å². The molecule has 1 aromatic rings. The fourth-order valence-corrected chi connectivity index (χ4v) is 1.55. The number of hydrogen-bond acceptors (Lipinski definition) is 3. The Kier molecular flexibility index (Phi) is 3.38. The van der Waals surface area contributed by atoms with Gasteiger partial charge in [0, 0.05) is 5.69 Å². The summed E-state index contributed by atoms with van der Waals surface area (Å²) in [6.07, 6.45) is 0.461. The molecule has 1 heterocycles. The van der Waals surface area contributed by atoms with E-state index < -0.39 is 17.6 Å². The number of aryl methyl sites for hydroxylation is 1. The normalized spacial score (nSPS) is 13.8. The van der Waals surface area contributed by atoms with Crippen molar-refractivity contribution in [3.63, 3.8) is 0 Å². The number of carbonyl (C=O) groups is 1. The second kappa shape index (κ2) is 4.25. The second-order valence-corrected chi connectivity index (χ2v) is 4.44. The molecule has 16 heavy (non-hydrogen) atoms. The lowest BCUT2D eigenvalue weighted by molar-refractivity contribution is -0.141. The summed E-state index contributed by atoms with van der Waals surface area (Å²) >= 11 is 0. The van der Waals surface area contributed by atoms with E-state index in [2.05, 4.69) is 5.10 Å². The first kappa shape index (κ1) is 12.7. The van der Waals surface area contributed by atoms with Crippen LogP contribution in [0, 0.1) is 6.92 Å². The predicted molar refractivity (Wildman–Crippen MR) is 59.2 cm³/mol. The molecule has 0 saturated heterocycles. The summed E-state index contributed by atoms with van der Waals surface area (Å²) in [7, 11) is 0. The molecule has 5 nitrogen and oxygen atoms in total. The molecule has 1 unspecified atom stereocenters. The molecule has 5 heteroatoms. The van der Waals surface area contributed by atoms with Crippen LogP contribution in [0.15, 0.2) is 6.07 Å². The van der Waals surface area contributed by atoms with Crippen molar-refractivity contribution in [3.05, 3.63) is 17.5 Å². The third-order valence-corrected chi connectivity index (χ3v) is 2.52. The van der Waals surface area contributed by atoms with Crippen LogP contribution in [0.3, 0.4) is 0 Å². The Balaban J connectivity index is 3.15. The molecule has 0 aromatic carbocycles. The number of aromatic nitrogens is 2. The van der Waals surface area contributed by atoms with Gasteiger partial charge >= 0.3 is 5.97 Å². The van der Waals surface area contributed by atoms with E-state index >= 15 is 0 Å². The summed E-state index contributed by atoms with van der Waals surface area (Å²) in [6, 6.07) is 1.04. The summed E-state index contributed by atoms with van der Waals surface area (Å²) < 4.78 is 1.45. The molecule has 90 valence electrons. The Morgan fingerprint density at radius 2 is 2.19 bits per heavy atom. The number of hydrogen-bond donors (Lipinski definition) is 2. The zero-order valence-electron chi connectivity index (χ0n) is 10.1. The van der Waals surface area contributed by atoms with Crippen molar-refractivity contribution in [1.82, 2.24) is 9.78 Å². The number of rotatable bonds is 4. The highest BCUT2D eigenvalue weighted by Crippen LogP contribution is 2.22. The molecule has 0 saturated carbocycles. The van der Waals surface area contributed by atoms with Crippen LogP contribution in [0.4, 0.5) is 0 Å². The molecule has 0 aliphatic heterocycles. The second-order valence-electron chi connectivity index (χ2n) is 4.44. The van der Waals surface area contributed by atoms with Crippen LogP contribution < -0.4 is 0 Å². The van der Waals surface area contributed by atoms with Gasteiger partial charge in [0.1, 0.15) is 11.6 Å². The van der Waals surface area contributed by atoms with Gasteiger partial charge in [0.15, 0.2) is 0 Å². The Morgan fingerprint density at radius 1 is 1.62 bits per heavy atom. The fraction of sp³-hybridized carbons (Fsp3) is 0.636. The van der Waals surface area contributed by atoms with E-state index in [1.807, 2.05) is 0 Å². The monoisotopic (exact) mass is 226 g/mol. The van der Waals surface area contributed by atoms with Crippen molar-refractivity contribution in [1.29, 1.82) is 0 Å². The van der Waals surface area contributed by atoms with Gasteiger partial charge in [0.25, 0.3) is 0 Å². The van der Waals surface area contributed by atoms with E-state index in [4.69, 9.17) is 5.11 Å². The lowest BCUT2D eigenvalue weighted by Gasteiger charge is -2.15. The van der Waals surface area contributed by atoms with Gasteiger partial charge in [-0.2, -0.15) is 5.10 Å². The number of aliphatic hydroxyl groups is 1. The third-order valence-electron chi connectivity index (χ3n) is 2.52. The van der Waals surface area contributed by atoms with Crippen molar-refractivity contribution in [2.75, 3.05) is 0 Å². The maximum absolute atomic E-state index is 11.0. The topological polar surface area (TPSA) is 75.3 Å². The quantitative estimate of drug-likeness (QED) is 0.814. The molecular weight excluding hydrogens is 208 g/mol. The number of carboxylic acids is 1. The average molecular weight is 226 g/mol. The highest BCUT2D eigenvalue weighted by Gasteiger charge is 2.25. The number of nitrogens with zero attached hydrogens (tertiary/aromatic N) is 2. The predicted octanol–water partition coefficient (Wildman–Crippen LogP) is 1.45. The minimum absolute atomic E-state index is 0.461. The molecule has 0 fully saturated rings. The van der Waals surface area contributed by atoms with E-state index in [0.29, 0.717) is 12.1 Å². The van der Waals surface area contributed by atoms with E-state index in [-0.39, 0.29) is 0 Å². The van der Waals surface area contributed by atoms with Gasteiger partial charge in [-0.15, -0.1) is 0 Å². The summed E-state index contributed by atoms with van der Waals surface area (Å²) in [5.41, 5.74) is 0.184. The van der Waals surface area contributed by atoms with Gasteiger partial charge in [-0.05, 0) is 33.3 Å². The minimum Gasteiger partial charge on any atom is -0.480 e. The Labute approximate surface area is 94.7 Å². The first-order valence-corrected chi connectivity index (χ1v) is 5.29. The largest absolute Gasteiger partial charge is 0.480 e. The maximum Gasteiger partial charge on any atom is 0.328 e. The van der Waals surface area contributed by atoms with Crippen molar-refractivity contribution >= 4 is 5.97 Å². The summed E-state index contributed by atoms with van der Waals surface area (Å²) in [5.74, 6) is -0.906. The van der Waals surface area contributed by atoms with E-state index in [9.17, 15) is 9.90 Å². The van der Waals surface area contributed by atoms with E-state index in [1.54, 1.807) is 33.8 Å². The molecule has 0 amide bonds. The van der Waals surface area contributed by atoms with E-state index in [0.717, 1.165) is 5.69 Å². The fourth-order valence-electron chi connectivity index (χ4n) is 1.55. The molecule has 1 rings (SSSR count). The Morgan fingerprint density at radius 3 is 2.50 bits per heavy atom. The summed E-state index contributed by atoms with van der Waals surface area (Å²) in [4.78, 5) is 11.0. The smallest absolute Gasteiger partial charge is 0.328 e. The van der Waals surface area contributed by atoms with Gasteiger partial charge in [-0.25, -0.2) is 4.79 Å². The van der Waals surface area contributed by atoms with Crippen molar-refractivity contribution < 1.29 is 15.0 Å². The molecule has 2 N–H and O–H groups in total. The highest BCUT2D eigenvalue weighted by atomic mass is 16.4. The van der Waals surface area contributed by atoms with Gasteiger partial charge < -0.3 is 10.2 Å².